The molecule has 0 radical (unpaired) electrons. The lowest BCUT2D eigenvalue weighted by Crippen LogP contribution is -2.36. The molecule has 114 valence electrons. The fourth-order valence-electron chi connectivity index (χ4n) is 1.61. The highest BCUT2D eigenvalue weighted by atomic mass is 79.9. The molecule has 5 heteroatoms. The van der Waals surface area contributed by atoms with Gasteiger partial charge in [0.1, 0.15) is 5.75 Å². The maximum atomic E-state index is 11.7. The molecule has 0 heterocycles. The summed E-state index contributed by atoms with van der Waals surface area (Å²) in [5, 5.41) is 5.94. The first-order chi connectivity index (χ1) is 9.93. The van der Waals surface area contributed by atoms with E-state index in [-0.39, 0.29) is 12.5 Å². The van der Waals surface area contributed by atoms with Crippen molar-refractivity contribution < 1.29 is 9.53 Å². The number of carbonyl (C=O) groups is 1. The average molecular weight is 353 g/mol. The van der Waals surface area contributed by atoms with Gasteiger partial charge in [0.25, 0.3) is 5.91 Å². The Bertz CT molecular complexity index is 523. The van der Waals surface area contributed by atoms with E-state index >= 15 is 0 Å². The molecular weight excluding hydrogens is 332 g/mol. The summed E-state index contributed by atoms with van der Waals surface area (Å²) in [6.07, 6.45) is 4.51. The highest BCUT2D eigenvalue weighted by Gasteiger charge is 2.14. The molecule has 0 aromatic heterocycles. The minimum Gasteiger partial charge on any atom is -0.481 e. The summed E-state index contributed by atoms with van der Waals surface area (Å²) in [6.45, 7) is 6.81. The summed E-state index contributed by atoms with van der Waals surface area (Å²) in [7, 11) is 0. The second-order valence-corrected chi connectivity index (χ2v) is 5.83. The fraction of sp³-hybridized carbons (Fsp3) is 0.438. The highest BCUT2D eigenvalue weighted by molar-refractivity contribution is 9.10. The Labute approximate surface area is 134 Å². The summed E-state index contributed by atoms with van der Waals surface area (Å²) in [5.41, 5.74) is 1.08. The van der Waals surface area contributed by atoms with Gasteiger partial charge in [-0.1, -0.05) is 35.7 Å². The normalized spacial score (nSPS) is 11.8. The molecule has 0 aliphatic heterocycles. The zero-order chi connectivity index (χ0) is 15.8. The second-order valence-electron chi connectivity index (χ2n) is 4.97. The topological polar surface area (TPSA) is 50.4 Å². The van der Waals surface area contributed by atoms with E-state index in [0.29, 0.717) is 11.8 Å². The minimum atomic E-state index is -0.592. The van der Waals surface area contributed by atoms with Crippen molar-refractivity contribution in [3.05, 3.63) is 28.2 Å². The third kappa shape index (κ3) is 6.19. The lowest BCUT2D eigenvalue weighted by molar-refractivity contribution is -0.126. The van der Waals surface area contributed by atoms with E-state index in [2.05, 4.69) is 46.3 Å². The Balaban J connectivity index is 2.69. The molecule has 0 spiro atoms. The number of benzene rings is 1. The van der Waals surface area contributed by atoms with Crippen LogP contribution in [0.1, 0.15) is 26.3 Å². The van der Waals surface area contributed by atoms with Crippen LogP contribution in [-0.4, -0.2) is 24.6 Å². The number of amides is 1. The van der Waals surface area contributed by atoms with Gasteiger partial charge in [-0.2, -0.15) is 0 Å². The average Bonchev–Trinajstić information content (AvgIpc) is 2.44. The molecule has 1 atom stereocenters. The summed E-state index contributed by atoms with van der Waals surface area (Å²) < 4.78 is 6.65. The first-order valence-electron chi connectivity index (χ1n) is 6.83. The smallest absolute Gasteiger partial charge is 0.261 e. The summed E-state index contributed by atoms with van der Waals surface area (Å²) in [5.74, 6) is 2.79. The zero-order valence-electron chi connectivity index (χ0n) is 12.6. The van der Waals surface area contributed by atoms with Gasteiger partial charge in [-0.25, -0.2) is 0 Å². The molecule has 1 aromatic rings. The molecule has 0 fully saturated rings. The number of hydrogen-bond acceptors (Lipinski definition) is 3. The minimum absolute atomic E-state index is 0.205. The molecule has 1 unspecified atom stereocenters. The lowest BCUT2D eigenvalue weighted by Gasteiger charge is -2.16. The fourth-order valence-corrected chi connectivity index (χ4v) is 2.00. The van der Waals surface area contributed by atoms with E-state index in [0.717, 1.165) is 16.6 Å². The van der Waals surface area contributed by atoms with Crippen LogP contribution in [-0.2, 0) is 11.3 Å². The Morgan fingerprint density at radius 3 is 2.76 bits per heavy atom. The summed E-state index contributed by atoms with van der Waals surface area (Å²) >= 11 is 3.51. The van der Waals surface area contributed by atoms with Crippen LogP contribution in [0.4, 0.5) is 0 Å². The van der Waals surface area contributed by atoms with E-state index in [9.17, 15) is 4.79 Å². The molecule has 1 rings (SSSR count). The van der Waals surface area contributed by atoms with Gasteiger partial charge in [0.05, 0.1) is 6.54 Å². The number of carbonyl (C=O) groups excluding carboxylic acids is 1. The number of ether oxygens (including phenoxy) is 1. The maximum Gasteiger partial charge on any atom is 0.261 e. The summed E-state index contributed by atoms with van der Waals surface area (Å²) in [4.78, 5) is 11.7. The lowest BCUT2D eigenvalue weighted by atomic mass is 10.2. The van der Waals surface area contributed by atoms with Gasteiger partial charge in [-0.15, -0.1) is 6.42 Å². The van der Waals surface area contributed by atoms with E-state index in [1.165, 1.54) is 0 Å². The number of halogens is 1. The molecule has 0 saturated heterocycles. The van der Waals surface area contributed by atoms with Crippen molar-refractivity contribution in [2.45, 2.75) is 39.5 Å². The van der Waals surface area contributed by atoms with Crippen molar-refractivity contribution in [2.75, 3.05) is 6.54 Å². The predicted molar refractivity (Wildman–Crippen MR) is 88.1 cm³/mol. The number of hydrogen-bond donors (Lipinski definition) is 2. The Morgan fingerprint density at radius 2 is 2.14 bits per heavy atom. The van der Waals surface area contributed by atoms with Crippen molar-refractivity contribution in [3.63, 3.8) is 0 Å². The zero-order valence-corrected chi connectivity index (χ0v) is 14.2. The predicted octanol–water partition coefficient (Wildman–Crippen LogP) is 2.46. The second kappa shape index (κ2) is 8.71. The van der Waals surface area contributed by atoms with Crippen LogP contribution in [0.15, 0.2) is 22.7 Å². The third-order valence-corrected chi connectivity index (χ3v) is 3.54. The largest absolute Gasteiger partial charge is 0.481 e. The molecule has 1 aromatic carbocycles. The van der Waals surface area contributed by atoms with Gasteiger partial charge in [-0.05, 0) is 30.7 Å². The molecule has 1 amide bonds. The number of nitrogens with one attached hydrogen (secondary N) is 2. The molecule has 2 N–H and O–H groups in total. The molecule has 0 aliphatic rings. The van der Waals surface area contributed by atoms with E-state index in [1.54, 1.807) is 6.92 Å². The van der Waals surface area contributed by atoms with Crippen molar-refractivity contribution >= 4 is 21.8 Å². The highest BCUT2D eigenvalue weighted by Crippen LogP contribution is 2.23. The standard InChI is InChI=1S/C16H21BrN2O2/c1-5-8-18-16(20)12(4)21-14-6-7-15(17)13(9-14)10-19-11(2)3/h1,6-7,9,11-12,19H,8,10H2,2-4H3,(H,18,20). The van der Waals surface area contributed by atoms with E-state index in [4.69, 9.17) is 11.2 Å². The number of rotatable bonds is 7. The van der Waals surface area contributed by atoms with Crippen LogP contribution < -0.4 is 15.4 Å². The summed E-state index contributed by atoms with van der Waals surface area (Å²) in [6, 6.07) is 6.06. The molecule has 21 heavy (non-hydrogen) atoms. The van der Waals surface area contributed by atoms with Crippen molar-refractivity contribution in [1.29, 1.82) is 0 Å². The molecular formula is C16H21BrN2O2. The van der Waals surface area contributed by atoms with Crippen LogP contribution in [0.5, 0.6) is 5.75 Å². The van der Waals surface area contributed by atoms with Gasteiger partial charge in [0.15, 0.2) is 6.10 Å². The SMILES string of the molecule is C#CCNC(=O)C(C)Oc1ccc(Br)c(CNC(C)C)c1. The Hall–Kier alpha value is -1.51. The van der Waals surface area contributed by atoms with Gasteiger partial charge in [-0.3, -0.25) is 4.79 Å². The van der Waals surface area contributed by atoms with Crippen LogP contribution >= 0.6 is 15.9 Å². The van der Waals surface area contributed by atoms with Gasteiger partial charge in [0.2, 0.25) is 0 Å². The third-order valence-electron chi connectivity index (χ3n) is 2.76. The van der Waals surface area contributed by atoms with Crippen molar-refractivity contribution in [3.8, 4) is 18.1 Å². The van der Waals surface area contributed by atoms with Crippen LogP contribution in [0, 0.1) is 12.3 Å². The first kappa shape index (κ1) is 17.5. The molecule has 4 nitrogen and oxygen atoms in total. The van der Waals surface area contributed by atoms with Crippen molar-refractivity contribution in [1.82, 2.24) is 10.6 Å². The van der Waals surface area contributed by atoms with E-state index in [1.807, 2.05) is 18.2 Å². The van der Waals surface area contributed by atoms with E-state index < -0.39 is 6.10 Å². The first-order valence-corrected chi connectivity index (χ1v) is 7.63. The Kier molecular flexibility index (Phi) is 7.27. The van der Waals surface area contributed by atoms with Gasteiger partial charge >= 0.3 is 0 Å². The van der Waals surface area contributed by atoms with Crippen LogP contribution in [0.25, 0.3) is 0 Å². The Morgan fingerprint density at radius 1 is 1.43 bits per heavy atom. The van der Waals surface area contributed by atoms with Gasteiger partial charge in [0, 0.05) is 17.1 Å². The maximum absolute atomic E-state index is 11.7. The van der Waals surface area contributed by atoms with Crippen LogP contribution in [0.2, 0.25) is 0 Å². The van der Waals surface area contributed by atoms with Crippen LogP contribution in [0.3, 0.4) is 0 Å². The van der Waals surface area contributed by atoms with Crippen molar-refractivity contribution in [2.24, 2.45) is 0 Å². The number of terminal acetylenes is 1. The molecule has 0 bridgehead atoms. The molecule has 0 aliphatic carbocycles. The monoisotopic (exact) mass is 352 g/mol. The quantitative estimate of drug-likeness (QED) is 0.741. The van der Waals surface area contributed by atoms with Gasteiger partial charge < -0.3 is 15.4 Å². The molecule has 0 saturated carbocycles.